The second-order valence-electron chi connectivity index (χ2n) is 3.95. The molecule has 0 saturated carbocycles. The Labute approximate surface area is 143 Å². The number of anilines is 2. The fraction of sp³-hybridized carbons (Fsp3) is 0.167. The van der Waals surface area contributed by atoms with Crippen molar-refractivity contribution >= 4 is 21.7 Å². The average Bonchev–Trinajstić information content (AvgIpc) is 2.46. The van der Waals surface area contributed by atoms with Crippen LogP contribution in [0.1, 0.15) is 0 Å². The Kier molecular flexibility index (Phi) is 6.18. The predicted octanol–water partition coefficient (Wildman–Crippen LogP) is 0.874. The molecule has 10 heteroatoms. The third-order valence-electron chi connectivity index (χ3n) is 2.51. The van der Waals surface area contributed by atoms with E-state index in [0.29, 0.717) is 5.69 Å². The SMILES string of the molecule is COc1cc(OC)nc(NS(=O)(=O)c2ccc(N)cc2)n1.[Ag]. The summed E-state index contributed by atoms with van der Waals surface area (Å²) >= 11 is 0. The van der Waals surface area contributed by atoms with Gasteiger partial charge < -0.3 is 15.2 Å². The van der Waals surface area contributed by atoms with Crippen LogP contribution in [0, 0.1) is 0 Å². The number of nitrogens with one attached hydrogen (secondary N) is 1. The molecule has 22 heavy (non-hydrogen) atoms. The van der Waals surface area contributed by atoms with Crippen LogP contribution in [0.15, 0.2) is 35.2 Å². The van der Waals surface area contributed by atoms with Gasteiger partial charge in [-0.25, -0.2) is 13.1 Å². The molecule has 1 aromatic carbocycles. The van der Waals surface area contributed by atoms with E-state index in [1.807, 2.05) is 0 Å². The minimum Gasteiger partial charge on any atom is -0.481 e. The number of nitrogen functional groups attached to an aromatic ring is 1. The van der Waals surface area contributed by atoms with E-state index in [-0.39, 0.29) is 45.0 Å². The molecule has 123 valence electrons. The topological polar surface area (TPSA) is 116 Å². The van der Waals surface area contributed by atoms with Crippen molar-refractivity contribution in [3.63, 3.8) is 0 Å². The molecule has 2 aromatic rings. The van der Waals surface area contributed by atoms with Crippen molar-refractivity contribution in [1.82, 2.24) is 9.97 Å². The molecule has 0 amide bonds. The van der Waals surface area contributed by atoms with Crippen LogP contribution in [0.3, 0.4) is 0 Å². The maximum atomic E-state index is 12.2. The van der Waals surface area contributed by atoms with E-state index in [1.54, 1.807) is 0 Å². The summed E-state index contributed by atoms with van der Waals surface area (Å²) in [4.78, 5) is 7.84. The number of sulfonamides is 1. The summed E-state index contributed by atoms with van der Waals surface area (Å²) in [6, 6.07) is 7.17. The van der Waals surface area contributed by atoms with Crippen LogP contribution in [0.5, 0.6) is 11.8 Å². The molecule has 0 spiro atoms. The Morgan fingerprint density at radius 3 is 2.00 bits per heavy atom. The van der Waals surface area contributed by atoms with Gasteiger partial charge in [0.15, 0.2) is 0 Å². The second-order valence-corrected chi connectivity index (χ2v) is 5.63. The van der Waals surface area contributed by atoms with E-state index in [1.165, 1.54) is 44.6 Å². The Bertz CT molecular complexity index is 715. The number of aromatic nitrogens is 2. The van der Waals surface area contributed by atoms with Crippen molar-refractivity contribution in [1.29, 1.82) is 0 Å². The first kappa shape index (κ1) is 18.2. The van der Waals surface area contributed by atoms with Crippen LogP contribution >= 0.6 is 0 Å². The predicted molar refractivity (Wildman–Crippen MR) is 76.8 cm³/mol. The molecule has 0 saturated heterocycles. The number of hydrogen-bond acceptors (Lipinski definition) is 7. The zero-order valence-corrected chi connectivity index (χ0v) is 14.0. The Hall–Kier alpha value is -1.81. The summed E-state index contributed by atoms with van der Waals surface area (Å²) in [5.74, 6) is 0.205. The Morgan fingerprint density at radius 2 is 1.55 bits per heavy atom. The van der Waals surface area contributed by atoms with Gasteiger partial charge in [0.1, 0.15) is 0 Å². The maximum absolute atomic E-state index is 12.2. The van der Waals surface area contributed by atoms with Gasteiger partial charge in [0, 0.05) is 28.1 Å². The van der Waals surface area contributed by atoms with Crippen LogP contribution in [0.2, 0.25) is 0 Å². The largest absolute Gasteiger partial charge is 0.481 e. The van der Waals surface area contributed by atoms with Gasteiger partial charge in [-0.1, -0.05) is 0 Å². The van der Waals surface area contributed by atoms with Crippen molar-refractivity contribution in [2.24, 2.45) is 0 Å². The first-order valence-electron chi connectivity index (χ1n) is 5.80. The summed E-state index contributed by atoms with van der Waals surface area (Å²) in [5.41, 5.74) is 5.99. The minimum atomic E-state index is -3.82. The summed E-state index contributed by atoms with van der Waals surface area (Å²) < 4.78 is 36.6. The summed E-state index contributed by atoms with van der Waals surface area (Å²) in [7, 11) is -1.02. The van der Waals surface area contributed by atoms with Gasteiger partial charge >= 0.3 is 0 Å². The van der Waals surface area contributed by atoms with Gasteiger partial charge in [0.2, 0.25) is 17.7 Å². The molecule has 0 unspecified atom stereocenters. The quantitative estimate of drug-likeness (QED) is 0.547. The van der Waals surface area contributed by atoms with Crippen LogP contribution < -0.4 is 19.9 Å². The number of nitrogens with zero attached hydrogens (tertiary/aromatic N) is 2. The van der Waals surface area contributed by atoms with Crippen molar-refractivity contribution in [2.75, 3.05) is 24.7 Å². The van der Waals surface area contributed by atoms with E-state index in [4.69, 9.17) is 15.2 Å². The number of nitrogens with two attached hydrogens (primary N) is 1. The Morgan fingerprint density at radius 1 is 1.05 bits per heavy atom. The van der Waals surface area contributed by atoms with E-state index in [2.05, 4.69) is 14.7 Å². The minimum absolute atomic E-state index is 0. The van der Waals surface area contributed by atoms with Gasteiger partial charge in [-0.15, -0.1) is 0 Å². The number of methoxy groups -OCH3 is 2. The average molecular weight is 418 g/mol. The number of hydrogen-bond donors (Lipinski definition) is 2. The van der Waals surface area contributed by atoms with Gasteiger partial charge in [-0.05, 0) is 24.3 Å². The van der Waals surface area contributed by atoms with Crippen molar-refractivity contribution in [3.8, 4) is 11.8 Å². The molecule has 1 aromatic heterocycles. The smallest absolute Gasteiger partial charge is 0.264 e. The van der Waals surface area contributed by atoms with E-state index < -0.39 is 10.0 Å². The number of ether oxygens (including phenoxy) is 2. The maximum Gasteiger partial charge on any atom is 0.264 e. The molecule has 0 aliphatic heterocycles. The van der Waals surface area contributed by atoms with Crippen LogP contribution in [-0.2, 0) is 32.4 Å². The molecule has 0 aliphatic carbocycles. The summed E-state index contributed by atoms with van der Waals surface area (Å²) in [6.45, 7) is 0. The third kappa shape index (κ3) is 4.34. The molecule has 0 fully saturated rings. The van der Waals surface area contributed by atoms with E-state index in [9.17, 15) is 8.42 Å². The van der Waals surface area contributed by atoms with Crippen molar-refractivity contribution < 1.29 is 40.3 Å². The Balaban J connectivity index is 0.00000242. The first-order valence-corrected chi connectivity index (χ1v) is 7.28. The molecule has 0 aliphatic rings. The number of rotatable bonds is 5. The zero-order chi connectivity index (χ0) is 15.5. The first-order chi connectivity index (χ1) is 9.94. The van der Waals surface area contributed by atoms with Crippen LogP contribution in [-0.4, -0.2) is 32.6 Å². The second kappa shape index (κ2) is 7.45. The fourth-order valence-corrected chi connectivity index (χ4v) is 2.43. The normalized spacial score (nSPS) is 10.5. The molecular weight excluding hydrogens is 404 g/mol. The number of benzene rings is 1. The van der Waals surface area contributed by atoms with Crippen molar-refractivity contribution in [3.05, 3.63) is 30.3 Å². The molecule has 2 rings (SSSR count). The summed E-state index contributed by atoms with van der Waals surface area (Å²) in [5, 5.41) is 0. The van der Waals surface area contributed by atoms with Gasteiger partial charge in [-0.3, -0.25) is 0 Å². The van der Waals surface area contributed by atoms with Gasteiger partial charge in [-0.2, -0.15) is 9.97 Å². The van der Waals surface area contributed by atoms with E-state index in [0.717, 1.165) is 0 Å². The standard InChI is InChI=1S/C12H14N4O4S.Ag/c1-19-10-7-11(20-2)15-12(14-10)16-21(17,18)9-5-3-8(13)4-6-9;/h3-7H,13H2,1-2H3,(H,14,15,16);. The van der Waals surface area contributed by atoms with Crippen LogP contribution in [0.25, 0.3) is 0 Å². The monoisotopic (exact) mass is 417 g/mol. The van der Waals surface area contributed by atoms with Gasteiger partial charge in [0.05, 0.1) is 25.2 Å². The fourth-order valence-electron chi connectivity index (χ4n) is 1.48. The summed E-state index contributed by atoms with van der Waals surface area (Å²) in [6.07, 6.45) is 0. The molecule has 1 heterocycles. The third-order valence-corrected chi connectivity index (χ3v) is 3.86. The molecule has 8 nitrogen and oxygen atoms in total. The zero-order valence-electron chi connectivity index (χ0n) is 11.7. The van der Waals surface area contributed by atoms with Crippen LogP contribution in [0.4, 0.5) is 11.6 Å². The van der Waals surface area contributed by atoms with Gasteiger partial charge in [0.25, 0.3) is 10.0 Å². The molecule has 0 bridgehead atoms. The molecular formula is C12H14AgN4O4S. The van der Waals surface area contributed by atoms with Crippen molar-refractivity contribution in [2.45, 2.75) is 4.90 Å². The molecule has 0 atom stereocenters. The van der Waals surface area contributed by atoms with E-state index >= 15 is 0 Å². The molecule has 3 N–H and O–H groups in total. The molecule has 1 radical (unpaired) electrons.